The number of aromatic nitrogens is 2. The smallest absolute Gasteiger partial charge is 0.233 e. The Kier molecular flexibility index (Phi) is 4.90. The van der Waals surface area contributed by atoms with E-state index in [9.17, 15) is 9.50 Å². The van der Waals surface area contributed by atoms with Gasteiger partial charge in [-0.15, -0.1) is 10.2 Å². The molecule has 156 valence electrons. The van der Waals surface area contributed by atoms with Crippen molar-refractivity contribution >= 4 is 0 Å². The zero-order valence-corrected chi connectivity index (χ0v) is 16.7. The summed E-state index contributed by atoms with van der Waals surface area (Å²) in [6, 6.07) is 10.9. The molecule has 0 amide bonds. The van der Waals surface area contributed by atoms with Crippen molar-refractivity contribution < 1.29 is 18.7 Å². The van der Waals surface area contributed by atoms with Gasteiger partial charge in [-0.3, -0.25) is 0 Å². The summed E-state index contributed by atoms with van der Waals surface area (Å²) >= 11 is 0. The lowest BCUT2D eigenvalue weighted by atomic mass is 9.84. The first-order valence-corrected chi connectivity index (χ1v) is 10.4. The van der Waals surface area contributed by atoms with E-state index in [2.05, 4.69) is 15.5 Å². The second-order valence-corrected chi connectivity index (χ2v) is 8.17. The molecular weight excluding hydrogens is 385 g/mol. The minimum Gasteiger partial charge on any atom is -0.507 e. The normalized spacial score (nSPS) is 25.8. The van der Waals surface area contributed by atoms with Crippen LogP contribution in [-0.2, 0) is 0 Å². The number of piperidine rings is 2. The Balaban J connectivity index is 1.31. The average molecular weight is 409 g/mol. The van der Waals surface area contributed by atoms with Crippen LogP contribution in [0.15, 0.2) is 47.1 Å². The predicted molar refractivity (Wildman–Crippen MR) is 110 cm³/mol. The summed E-state index contributed by atoms with van der Waals surface area (Å²) in [6.07, 6.45) is 3.70. The minimum atomic E-state index is -1.05. The van der Waals surface area contributed by atoms with E-state index in [4.69, 9.17) is 9.15 Å². The molecule has 2 aromatic heterocycles. The SMILES string of the molecule is Cc1cc(-c2ccc(-c3ccc(O[C@@H]4C[C@H]5CCC[C@H](N5)[C@@H]4F)nn3)c(O)c2)co1. The molecule has 2 fully saturated rings. The van der Waals surface area contributed by atoms with Crippen LogP contribution in [0.3, 0.4) is 0 Å². The number of ether oxygens (including phenoxy) is 1. The number of aryl methyl sites for hydroxylation is 1. The van der Waals surface area contributed by atoms with E-state index in [1.165, 1.54) is 0 Å². The van der Waals surface area contributed by atoms with E-state index in [0.717, 1.165) is 36.1 Å². The maximum Gasteiger partial charge on any atom is 0.233 e. The topological polar surface area (TPSA) is 80.4 Å². The van der Waals surface area contributed by atoms with E-state index in [1.54, 1.807) is 30.5 Å². The monoisotopic (exact) mass is 409 g/mol. The molecule has 1 aromatic carbocycles. The fraction of sp³-hybridized carbons (Fsp3) is 0.391. The summed E-state index contributed by atoms with van der Waals surface area (Å²) < 4.78 is 25.9. The number of phenols is 1. The van der Waals surface area contributed by atoms with Gasteiger partial charge in [0.25, 0.3) is 0 Å². The number of alkyl halides is 1. The average Bonchev–Trinajstić information content (AvgIpc) is 3.19. The van der Waals surface area contributed by atoms with Crippen molar-refractivity contribution in [2.45, 2.75) is 57.0 Å². The van der Waals surface area contributed by atoms with Crippen LogP contribution in [0.1, 0.15) is 31.4 Å². The third kappa shape index (κ3) is 3.65. The van der Waals surface area contributed by atoms with Gasteiger partial charge in [0.05, 0.1) is 12.0 Å². The van der Waals surface area contributed by atoms with E-state index >= 15 is 0 Å². The van der Waals surface area contributed by atoms with Crippen LogP contribution in [0.2, 0.25) is 0 Å². The zero-order valence-electron chi connectivity index (χ0n) is 16.7. The van der Waals surface area contributed by atoms with Crippen LogP contribution in [0.4, 0.5) is 4.39 Å². The number of hydrogen-bond acceptors (Lipinski definition) is 6. The van der Waals surface area contributed by atoms with E-state index in [-0.39, 0.29) is 11.8 Å². The van der Waals surface area contributed by atoms with Crippen molar-refractivity contribution in [3.63, 3.8) is 0 Å². The number of benzene rings is 1. The van der Waals surface area contributed by atoms with Gasteiger partial charge in [0.15, 0.2) is 6.17 Å². The number of rotatable bonds is 4. The molecule has 2 saturated heterocycles. The number of fused-ring (bicyclic) bond motifs is 2. The first-order chi connectivity index (χ1) is 14.6. The first kappa shape index (κ1) is 19.1. The Morgan fingerprint density at radius 1 is 1.13 bits per heavy atom. The molecule has 2 N–H and O–H groups in total. The summed E-state index contributed by atoms with van der Waals surface area (Å²) in [5.41, 5.74) is 2.84. The number of halogens is 1. The predicted octanol–water partition coefficient (Wildman–Crippen LogP) is 4.42. The molecule has 3 aromatic rings. The molecule has 0 spiro atoms. The highest BCUT2D eigenvalue weighted by molar-refractivity contribution is 5.74. The highest BCUT2D eigenvalue weighted by atomic mass is 19.1. The summed E-state index contributed by atoms with van der Waals surface area (Å²) in [7, 11) is 0. The van der Waals surface area contributed by atoms with Gasteiger partial charge in [0.2, 0.25) is 5.88 Å². The number of phenolic OH excluding ortho intramolecular Hbond substituents is 1. The highest BCUT2D eigenvalue weighted by Crippen LogP contribution is 2.34. The largest absolute Gasteiger partial charge is 0.507 e. The Bertz CT molecular complexity index is 1040. The molecule has 30 heavy (non-hydrogen) atoms. The van der Waals surface area contributed by atoms with E-state index in [1.807, 2.05) is 19.1 Å². The molecule has 0 aliphatic carbocycles. The molecule has 6 nitrogen and oxygen atoms in total. The van der Waals surface area contributed by atoms with E-state index < -0.39 is 12.3 Å². The number of aromatic hydroxyl groups is 1. The van der Waals surface area contributed by atoms with E-state index in [0.29, 0.717) is 29.6 Å². The van der Waals surface area contributed by atoms with Gasteiger partial charge in [0.1, 0.15) is 17.6 Å². The van der Waals surface area contributed by atoms with Crippen LogP contribution < -0.4 is 10.1 Å². The van der Waals surface area contributed by atoms with Gasteiger partial charge in [-0.2, -0.15) is 0 Å². The molecule has 0 radical (unpaired) electrons. The van der Waals surface area contributed by atoms with Gasteiger partial charge in [-0.25, -0.2) is 4.39 Å². The lowest BCUT2D eigenvalue weighted by Gasteiger charge is -2.42. The molecule has 4 atom stereocenters. The summed E-state index contributed by atoms with van der Waals surface area (Å²) in [5.74, 6) is 1.21. The van der Waals surface area contributed by atoms with Crippen molar-refractivity contribution in [2.75, 3.05) is 0 Å². The number of nitrogens with one attached hydrogen (secondary N) is 1. The maximum atomic E-state index is 14.7. The van der Waals surface area contributed by atoms with Crippen LogP contribution in [0, 0.1) is 6.92 Å². The molecule has 7 heteroatoms. The Morgan fingerprint density at radius 3 is 2.77 bits per heavy atom. The van der Waals surface area contributed by atoms with Crippen molar-refractivity contribution in [3.8, 4) is 34.0 Å². The number of hydrogen-bond donors (Lipinski definition) is 2. The van der Waals surface area contributed by atoms with Crippen LogP contribution >= 0.6 is 0 Å². The van der Waals surface area contributed by atoms with Crippen LogP contribution in [0.25, 0.3) is 22.4 Å². The second-order valence-electron chi connectivity index (χ2n) is 8.17. The van der Waals surface area contributed by atoms with Crippen LogP contribution in [0.5, 0.6) is 11.6 Å². The molecule has 2 aliphatic heterocycles. The summed E-state index contributed by atoms with van der Waals surface area (Å²) in [5, 5.41) is 22.1. The second kappa shape index (κ2) is 7.72. The molecular formula is C23H24FN3O3. The number of nitrogens with zero attached hydrogens (tertiary/aromatic N) is 2. The molecule has 4 heterocycles. The Morgan fingerprint density at radius 2 is 2.03 bits per heavy atom. The molecule has 5 rings (SSSR count). The van der Waals surface area contributed by atoms with Crippen molar-refractivity contribution in [3.05, 3.63) is 48.4 Å². The van der Waals surface area contributed by atoms with Gasteiger partial charge in [-0.05, 0) is 49.6 Å². The minimum absolute atomic E-state index is 0.101. The number of furan rings is 1. The van der Waals surface area contributed by atoms with Gasteiger partial charge >= 0.3 is 0 Å². The first-order valence-electron chi connectivity index (χ1n) is 10.4. The fourth-order valence-corrected chi connectivity index (χ4v) is 4.48. The Labute approximate surface area is 174 Å². The molecule has 0 saturated carbocycles. The molecule has 2 aliphatic rings. The lowest BCUT2D eigenvalue weighted by Crippen LogP contribution is -2.59. The van der Waals surface area contributed by atoms with Crippen molar-refractivity contribution in [1.82, 2.24) is 15.5 Å². The van der Waals surface area contributed by atoms with Gasteiger partial charge in [0, 0.05) is 35.7 Å². The van der Waals surface area contributed by atoms with Crippen molar-refractivity contribution in [2.24, 2.45) is 0 Å². The maximum absolute atomic E-state index is 14.7. The Hall–Kier alpha value is -2.93. The van der Waals surface area contributed by atoms with Crippen LogP contribution in [-0.4, -0.2) is 39.7 Å². The summed E-state index contributed by atoms with van der Waals surface area (Å²) in [6.45, 7) is 1.87. The van der Waals surface area contributed by atoms with Gasteiger partial charge < -0.3 is 19.6 Å². The lowest BCUT2D eigenvalue weighted by molar-refractivity contribution is 0.00652. The standard InChI is InChI=1S/C23H24FN3O3/c1-13-9-15(12-29-13)14-5-6-17(20(28)10-14)18-7-8-22(27-26-18)30-21-11-16-3-2-4-19(25-16)23(21)24/h5-10,12,16,19,21,23,25,28H,2-4,11H2,1H3/t16-,19+,21-,23+/m1/s1. The zero-order chi connectivity index (χ0) is 20.7. The summed E-state index contributed by atoms with van der Waals surface area (Å²) in [4.78, 5) is 0. The van der Waals surface area contributed by atoms with Gasteiger partial charge in [-0.1, -0.05) is 12.5 Å². The van der Waals surface area contributed by atoms with Crippen molar-refractivity contribution in [1.29, 1.82) is 0 Å². The molecule has 2 bridgehead atoms. The third-order valence-corrected chi connectivity index (χ3v) is 6.02. The third-order valence-electron chi connectivity index (χ3n) is 6.02. The quantitative estimate of drug-likeness (QED) is 0.664. The highest BCUT2D eigenvalue weighted by Gasteiger charge is 2.41. The fourth-order valence-electron chi connectivity index (χ4n) is 4.48. The molecule has 0 unspecified atom stereocenters.